The van der Waals surface area contributed by atoms with Gasteiger partial charge in [0.2, 0.25) is 0 Å². The van der Waals surface area contributed by atoms with Crippen molar-refractivity contribution in [3.63, 3.8) is 0 Å². The summed E-state index contributed by atoms with van der Waals surface area (Å²) in [7, 11) is 0. The lowest BCUT2D eigenvalue weighted by Gasteiger charge is -2.09. The van der Waals surface area contributed by atoms with Gasteiger partial charge in [-0.15, -0.1) is 0 Å². The number of para-hydroxylation sites is 1. The molecule has 0 unspecified atom stereocenters. The van der Waals surface area contributed by atoms with Gasteiger partial charge in [0.15, 0.2) is 0 Å². The first-order chi connectivity index (χ1) is 9.74. The lowest BCUT2D eigenvalue weighted by molar-refractivity contribution is 1.14. The first-order valence-corrected chi connectivity index (χ1v) is 7.01. The van der Waals surface area contributed by atoms with E-state index in [2.05, 4.69) is 16.4 Å². The number of nitrogens with one attached hydrogen (secondary N) is 1. The predicted octanol–water partition coefficient (Wildman–Crippen LogP) is 5.15. The van der Waals surface area contributed by atoms with Crippen LogP contribution in [0.2, 0.25) is 10.0 Å². The average Bonchev–Trinajstić information content (AvgIpc) is 2.48. The molecule has 0 fully saturated rings. The molecule has 0 aliphatic carbocycles. The molecule has 0 amide bonds. The van der Waals surface area contributed by atoms with E-state index in [-0.39, 0.29) is 0 Å². The summed E-state index contributed by atoms with van der Waals surface area (Å²) in [6.45, 7) is 0.611. The summed E-state index contributed by atoms with van der Waals surface area (Å²) in [4.78, 5) is 4.41. The lowest BCUT2D eigenvalue weighted by Crippen LogP contribution is -2.00. The highest BCUT2D eigenvalue weighted by Crippen LogP contribution is 2.26. The second kappa shape index (κ2) is 5.70. The lowest BCUT2D eigenvalue weighted by atomic mass is 10.2. The zero-order chi connectivity index (χ0) is 13.9. The molecule has 2 nitrogen and oxygen atoms in total. The zero-order valence-electron chi connectivity index (χ0n) is 10.6. The standard InChI is InChI=1S/C16H12Cl2N2/c17-14-6-3-5-12(16(14)18)9-19-13-8-11-4-1-2-7-15(11)20-10-13/h1-8,10,19H,9H2. The Morgan fingerprint density at radius 1 is 1.00 bits per heavy atom. The minimum Gasteiger partial charge on any atom is -0.380 e. The third kappa shape index (κ3) is 2.72. The van der Waals surface area contributed by atoms with E-state index >= 15 is 0 Å². The summed E-state index contributed by atoms with van der Waals surface area (Å²) < 4.78 is 0. The van der Waals surface area contributed by atoms with Crippen LogP contribution in [-0.4, -0.2) is 4.98 Å². The second-order valence-electron chi connectivity index (χ2n) is 4.48. The molecule has 2 aromatic carbocycles. The maximum Gasteiger partial charge on any atom is 0.0703 e. The Hall–Kier alpha value is -1.77. The Bertz CT molecular complexity index is 756. The van der Waals surface area contributed by atoms with Crippen LogP contribution in [0.15, 0.2) is 54.7 Å². The highest BCUT2D eigenvalue weighted by atomic mass is 35.5. The van der Waals surface area contributed by atoms with Crippen molar-refractivity contribution < 1.29 is 0 Å². The van der Waals surface area contributed by atoms with Gasteiger partial charge in [-0.3, -0.25) is 4.98 Å². The summed E-state index contributed by atoms with van der Waals surface area (Å²) >= 11 is 12.2. The van der Waals surface area contributed by atoms with E-state index in [4.69, 9.17) is 23.2 Å². The minimum absolute atomic E-state index is 0.572. The van der Waals surface area contributed by atoms with Gasteiger partial charge in [0.1, 0.15) is 0 Å². The van der Waals surface area contributed by atoms with Crippen molar-refractivity contribution in [2.45, 2.75) is 6.54 Å². The van der Waals surface area contributed by atoms with E-state index in [1.54, 1.807) is 6.07 Å². The van der Waals surface area contributed by atoms with E-state index in [0.29, 0.717) is 16.6 Å². The molecule has 1 heterocycles. The van der Waals surface area contributed by atoms with E-state index in [1.165, 1.54) is 0 Å². The number of rotatable bonds is 3. The molecule has 3 rings (SSSR count). The number of hydrogen-bond acceptors (Lipinski definition) is 2. The van der Waals surface area contributed by atoms with E-state index in [0.717, 1.165) is 22.2 Å². The number of anilines is 1. The molecular weight excluding hydrogens is 291 g/mol. The monoisotopic (exact) mass is 302 g/mol. The van der Waals surface area contributed by atoms with Crippen LogP contribution in [0.5, 0.6) is 0 Å². The van der Waals surface area contributed by atoms with Crippen molar-refractivity contribution in [2.75, 3.05) is 5.32 Å². The average molecular weight is 303 g/mol. The molecule has 3 aromatic rings. The van der Waals surface area contributed by atoms with Gasteiger partial charge in [-0.2, -0.15) is 0 Å². The van der Waals surface area contributed by atoms with Crippen LogP contribution >= 0.6 is 23.2 Å². The number of nitrogens with zero attached hydrogens (tertiary/aromatic N) is 1. The summed E-state index contributed by atoms with van der Waals surface area (Å²) in [6.07, 6.45) is 1.82. The molecule has 1 aromatic heterocycles. The highest BCUT2D eigenvalue weighted by Gasteiger charge is 2.04. The minimum atomic E-state index is 0.572. The molecule has 0 spiro atoms. The van der Waals surface area contributed by atoms with E-state index < -0.39 is 0 Å². The Labute approximate surface area is 127 Å². The molecule has 0 atom stereocenters. The smallest absolute Gasteiger partial charge is 0.0703 e. The zero-order valence-corrected chi connectivity index (χ0v) is 12.1. The Morgan fingerprint density at radius 3 is 2.75 bits per heavy atom. The van der Waals surface area contributed by atoms with Crippen molar-refractivity contribution in [3.05, 3.63) is 70.3 Å². The molecule has 0 bridgehead atoms. The van der Waals surface area contributed by atoms with Gasteiger partial charge in [-0.05, 0) is 23.8 Å². The van der Waals surface area contributed by atoms with Crippen LogP contribution in [0.3, 0.4) is 0 Å². The normalized spacial score (nSPS) is 10.7. The Morgan fingerprint density at radius 2 is 1.85 bits per heavy atom. The second-order valence-corrected chi connectivity index (χ2v) is 5.27. The van der Waals surface area contributed by atoms with Gasteiger partial charge in [0.25, 0.3) is 0 Å². The summed E-state index contributed by atoms with van der Waals surface area (Å²) in [5, 5.41) is 5.59. The molecule has 4 heteroatoms. The van der Waals surface area contributed by atoms with Crippen molar-refractivity contribution in [1.82, 2.24) is 4.98 Å². The van der Waals surface area contributed by atoms with Crippen molar-refractivity contribution in [3.8, 4) is 0 Å². The van der Waals surface area contributed by atoms with Gasteiger partial charge < -0.3 is 5.32 Å². The number of benzene rings is 2. The largest absolute Gasteiger partial charge is 0.380 e. The van der Waals surface area contributed by atoms with Crippen LogP contribution in [0.4, 0.5) is 5.69 Å². The molecule has 1 N–H and O–H groups in total. The first kappa shape index (κ1) is 13.2. The number of fused-ring (bicyclic) bond motifs is 1. The maximum absolute atomic E-state index is 6.17. The molecular formula is C16H12Cl2N2. The van der Waals surface area contributed by atoms with Crippen LogP contribution in [0.1, 0.15) is 5.56 Å². The van der Waals surface area contributed by atoms with Gasteiger partial charge in [0, 0.05) is 11.9 Å². The van der Waals surface area contributed by atoms with Gasteiger partial charge in [-0.1, -0.05) is 53.5 Å². The summed E-state index contributed by atoms with van der Waals surface area (Å²) in [5.41, 5.74) is 2.91. The summed E-state index contributed by atoms with van der Waals surface area (Å²) in [5.74, 6) is 0. The molecule has 0 radical (unpaired) electrons. The molecule has 0 saturated heterocycles. The van der Waals surface area contributed by atoms with Gasteiger partial charge in [-0.25, -0.2) is 0 Å². The Kier molecular flexibility index (Phi) is 3.77. The fourth-order valence-electron chi connectivity index (χ4n) is 2.05. The number of hydrogen-bond donors (Lipinski definition) is 1. The molecule has 0 saturated carbocycles. The SMILES string of the molecule is Clc1cccc(CNc2cnc3ccccc3c2)c1Cl. The van der Waals surface area contributed by atoms with Crippen LogP contribution in [0, 0.1) is 0 Å². The Balaban J connectivity index is 1.81. The third-order valence-electron chi connectivity index (χ3n) is 3.11. The highest BCUT2D eigenvalue weighted by molar-refractivity contribution is 6.42. The van der Waals surface area contributed by atoms with Crippen LogP contribution < -0.4 is 5.32 Å². The van der Waals surface area contributed by atoms with Crippen molar-refractivity contribution in [1.29, 1.82) is 0 Å². The molecule has 0 aliphatic heterocycles. The number of halogens is 2. The van der Waals surface area contributed by atoms with Crippen molar-refractivity contribution in [2.24, 2.45) is 0 Å². The van der Waals surface area contributed by atoms with Crippen LogP contribution in [0.25, 0.3) is 10.9 Å². The number of aromatic nitrogens is 1. The van der Waals surface area contributed by atoms with Gasteiger partial charge in [0.05, 0.1) is 27.4 Å². The van der Waals surface area contributed by atoms with Gasteiger partial charge >= 0.3 is 0 Å². The van der Waals surface area contributed by atoms with Crippen molar-refractivity contribution >= 4 is 39.8 Å². The number of pyridine rings is 1. The first-order valence-electron chi connectivity index (χ1n) is 6.25. The fraction of sp³-hybridized carbons (Fsp3) is 0.0625. The quantitative estimate of drug-likeness (QED) is 0.723. The fourth-order valence-corrected chi connectivity index (χ4v) is 2.44. The molecule has 100 valence electrons. The predicted molar refractivity (Wildman–Crippen MR) is 85.5 cm³/mol. The topological polar surface area (TPSA) is 24.9 Å². The van der Waals surface area contributed by atoms with Crippen LogP contribution in [-0.2, 0) is 6.54 Å². The molecule has 20 heavy (non-hydrogen) atoms. The third-order valence-corrected chi connectivity index (χ3v) is 3.96. The summed E-state index contributed by atoms with van der Waals surface area (Å²) in [6, 6.07) is 15.7. The maximum atomic E-state index is 6.17. The molecule has 0 aliphatic rings. The van der Waals surface area contributed by atoms with E-state index in [9.17, 15) is 0 Å². The van der Waals surface area contributed by atoms with E-state index in [1.807, 2.05) is 42.6 Å².